The number of carbonyl (C=O) groups excluding carboxylic acids is 1. The average Bonchev–Trinajstić information content (AvgIpc) is 3.31. The van der Waals surface area contributed by atoms with Gasteiger partial charge in [0, 0.05) is 26.2 Å². The lowest BCUT2D eigenvalue weighted by atomic mass is 10.2. The number of nitrogens with one attached hydrogen (secondary N) is 4. The topological polar surface area (TPSA) is 107 Å². The molecule has 26 heavy (non-hydrogen) atoms. The molecule has 9 heteroatoms. The van der Waals surface area contributed by atoms with Crippen molar-refractivity contribution in [3.05, 3.63) is 11.8 Å². The van der Waals surface area contributed by atoms with Gasteiger partial charge in [-0.05, 0) is 18.9 Å². The Balaban J connectivity index is 1.66. The summed E-state index contributed by atoms with van der Waals surface area (Å²) >= 11 is 0. The average molecular weight is 359 g/mol. The van der Waals surface area contributed by atoms with Crippen LogP contribution in [0.2, 0.25) is 0 Å². The van der Waals surface area contributed by atoms with E-state index in [0.717, 1.165) is 42.8 Å². The number of hydrogen-bond acceptors (Lipinski definition) is 7. The van der Waals surface area contributed by atoms with Crippen LogP contribution in [0.4, 0.5) is 11.8 Å². The third kappa shape index (κ3) is 3.45. The fourth-order valence-electron chi connectivity index (χ4n) is 3.62. The molecular formula is C17H25N7O2. The van der Waals surface area contributed by atoms with Gasteiger partial charge in [-0.25, -0.2) is 10.4 Å². The van der Waals surface area contributed by atoms with Gasteiger partial charge in [-0.3, -0.25) is 10.2 Å². The molecule has 0 radical (unpaired) electrons. The molecule has 2 fully saturated rings. The molecule has 0 spiro atoms. The number of carbonyl (C=O) groups is 1. The van der Waals surface area contributed by atoms with E-state index in [9.17, 15) is 4.79 Å². The third-order valence-corrected chi connectivity index (χ3v) is 4.94. The van der Waals surface area contributed by atoms with Crippen LogP contribution in [0.15, 0.2) is 6.07 Å². The zero-order chi connectivity index (χ0) is 17.9. The van der Waals surface area contributed by atoms with E-state index in [1.807, 2.05) is 0 Å². The van der Waals surface area contributed by atoms with Crippen LogP contribution in [-0.2, 0) is 4.74 Å². The van der Waals surface area contributed by atoms with Crippen LogP contribution in [0, 0.1) is 0 Å². The number of aromatic nitrogens is 3. The summed E-state index contributed by atoms with van der Waals surface area (Å²) in [4.78, 5) is 27.1. The van der Waals surface area contributed by atoms with Gasteiger partial charge in [0.25, 0.3) is 5.91 Å². The number of H-pyrrole nitrogens is 1. The van der Waals surface area contributed by atoms with Crippen LogP contribution < -0.4 is 21.1 Å². The molecule has 0 aromatic carbocycles. The Labute approximate surface area is 151 Å². The maximum Gasteiger partial charge on any atom is 0.268 e. The number of amides is 1. The molecule has 1 saturated carbocycles. The van der Waals surface area contributed by atoms with E-state index in [1.54, 1.807) is 13.1 Å². The maximum atomic E-state index is 12.6. The summed E-state index contributed by atoms with van der Waals surface area (Å²) in [6.07, 6.45) is 4.48. The van der Waals surface area contributed by atoms with E-state index in [0.29, 0.717) is 24.9 Å². The highest BCUT2D eigenvalue weighted by Crippen LogP contribution is 2.26. The summed E-state index contributed by atoms with van der Waals surface area (Å²) in [5.74, 6) is 1.19. The van der Waals surface area contributed by atoms with E-state index in [4.69, 9.17) is 4.74 Å². The van der Waals surface area contributed by atoms with Crippen LogP contribution >= 0.6 is 0 Å². The van der Waals surface area contributed by atoms with Crippen LogP contribution in [0.3, 0.4) is 0 Å². The highest BCUT2D eigenvalue weighted by Gasteiger charge is 2.23. The summed E-state index contributed by atoms with van der Waals surface area (Å²) in [6, 6.07) is 2.08. The number of morpholine rings is 1. The largest absolute Gasteiger partial charge is 0.378 e. The second-order valence-corrected chi connectivity index (χ2v) is 6.74. The van der Waals surface area contributed by atoms with Gasteiger partial charge in [-0.2, -0.15) is 4.98 Å². The van der Waals surface area contributed by atoms with Gasteiger partial charge in [-0.15, -0.1) is 0 Å². The molecular weight excluding hydrogens is 334 g/mol. The van der Waals surface area contributed by atoms with Crippen LogP contribution in [0.1, 0.15) is 36.2 Å². The molecule has 140 valence electrons. The first-order chi connectivity index (χ1) is 12.7. The monoisotopic (exact) mass is 359 g/mol. The van der Waals surface area contributed by atoms with Gasteiger partial charge < -0.3 is 19.9 Å². The molecule has 9 nitrogen and oxygen atoms in total. The van der Waals surface area contributed by atoms with E-state index >= 15 is 0 Å². The minimum absolute atomic E-state index is 0.0778. The molecule has 0 unspecified atom stereocenters. The van der Waals surface area contributed by atoms with Crippen molar-refractivity contribution in [3.63, 3.8) is 0 Å². The summed E-state index contributed by atoms with van der Waals surface area (Å²) < 4.78 is 5.44. The highest BCUT2D eigenvalue weighted by molar-refractivity contribution is 5.99. The van der Waals surface area contributed by atoms with Gasteiger partial charge in [0.1, 0.15) is 11.2 Å². The smallest absolute Gasteiger partial charge is 0.268 e. The third-order valence-electron chi connectivity index (χ3n) is 4.94. The quantitative estimate of drug-likeness (QED) is 0.590. The number of rotatable bonds is 5. The highest BCUT2D eigenvalue weighted by atomic mass is 16.5. The molecule has 0 bridgehead atoms. The lowest BCUT2D eigenvalue weighted by Gasteiger charge is -2.28. The Morgan fingerprint density at radius 3 is 2.77 bits per heavy atom. The molecule has 2 aromatic heterocycles. The first-order valence-corrected chi connectivity index (χ1v) is 9.21. The predicted octanol–water partition coefficient (Wildman–Crippen LogP) is 1.01. The van der Waals surface area contributed by atoms with Crippen molar-refractivity contribution in [3.8, 4) is 0 Å². The number of aromatic amines is 1. The van der Waals surface area contributed by atoms with Crippen molar-refractivity contribution in [2.75, 3.05) is 43.7 Å². The Bertz CT molecular complexity index is 779. The lowest BCUT2D eigenvalue weighted by molar-refractivity contribution is 0.0933. The molecule has 2 aromatic rings. The van der Waals surface area contributed by atoms with Gasteiger partial charge in [0.15, 0.2) is 5.82 Å². The molecule has 4 N–H and O–H groups in total. The lowest BCUT2D eigenvalue weighted by Crippen LogP contribution is -2.37. The summed E-state index contributed by atoms with van der Waals surface area (Å²) in [5.41, 5.74) is 7.81. The van der Waals surface area contributed by atoms with E-state index in [2.05, 4.69) is 36.0 Å². The molecule has 1 aliphatic carbocycles. The second kappa shape index (κ2) is 7.46. The number of nitrogens with zero attached hydrogens (tertiary/aromatic N) is 3. The van der Waals surface area contributed by atoms with Gasteiger partial charge in [0.05, 0.1) is 18.7 Å². The molecule has 1 amide bonds. The first kappa shape index (κ1) is 17.0. The number of ether oxygens (including phenoxy) is 1. The SMILES string of the molecule is CNNc1nc(N2CCOCC2)c2[nH]c(C(=O)NC3CCCC3)cc2n1. The fourth-order valence-corrected chi connectivity index (χ4v) is 3.62. The van der Waals surface area contributed by atoms with E-state index < -0.39 is 0 Å². The number of hydrogen-bond donors (Lipinski definition) is 4. The first-order valence-electron chi connectivity index (χ1n) is 9.21. The van der Waals surface area contributed by atoms with Crippen LogP contribution in [-0.4, -0.2) is 60.3 Å². The summed E-state index contributed by atoms with van der Waals surface area (Å²) in [5, 5.41) is 3.11. The standard InChI is InChI=1S/C17H25N7O2/c1-18-23-17-21-12-10-13(16(25)19-11-4-2-3-5-11)20-14(12)15(22-17)24-6-8-26-9-7-24/h10-11,18,20H,2-9H2,1H3,(H,19,25)(H,21,22,23). The summed E-state index contributed by atoms with van der Waals surface area (Å²) in [7, 11) is 1.76. The van der Waals surface area contributed by atoms with Crippen molar-refractivity contribution in [1.82, 2.24) is 25.7 Å². The predicted molar refractivity (Wildman–Crippen MR) is 99.3 cm³/mol. The molecule has 1 saturated heterocycles. The molecule has 3 heterocycles. The summed E-state index contributed by atoms with van der Waals surface area (Å²) in [6.45, 7) is 2.84. The normalized spacial score (nSPS) is 18.4. The van der Waals surface area contributed by atoms with Gasteiger partial charge in [-0.1, -0.05) is 12.8 Å². The maximum absolute atomic E-state index is 12.6. The Morgan fingerprint density at radius 2 is 2.04 bits per heavy atom. The van der Waals surface area contributed by atoms with Crippen molar-refractivity contribution in [2.45, 2.75) is 31.7 Å². The van der Waals surface area contributed by atoms with Crippen molar-refractivity contribution in [1.29, 1.82) is 0 Å². The number of anilines is 2. The molecule has 4 rings (SSSR count). The van der Waals surface area contributed by atoms with E-state index in [1.165, 1.54) is 12.8 Å². The number of hydrazine groups is 1. The van der Waals surface area contributed by atoms with Crippen LogP contribution in [0.5, 0.6) is 0 Å². The second-order valence-electron chi connectivity index (χ2n) is 6.74. The molecule has 1 aliphatic heterocycles. The Hall–Kier alpha value is -2.39. The van der Waals surface area contributed by atoms with Gasteiger partial charge in [0.2, 0.25) is 5.95 Å². The zero-order valence-corrected chi connectivity index (χ0v) is 15.0. The Morgan fingerprint density at radius 1 is 1.27 bits per heavy atom. The molecule has 2 aliphatic rings. The van der Waals surface area contributed by atoms with Crippen molar-refractivity contribution >= 4 is 28.7 Å². The fraction of sp³-hybridized carbons (Fsp3) is 0.588. The van der Waals surface area contributed by atoms with E-state index in [-0.39, 0.29) is 11.9 Å². The minimum Gasteiger partial charge on any atom is -0.378 e. The Kier molecular flexibility index (Phi) is 4.89. The molecule has 0 atom stereocenters. The number of fused-ring (bicyclic) bond motifs is 1. The minimum atomic E-state index is -0.0778. The van der Waals surface area contributed by atoms with Gasteiger partial charge >= 0.3 is 0 Å². The zero-order valence-electron chi connectivity index (χ0n) is 15.0. The van der Waals surface area contributed by atoms with Crippen LogP contribution in [0.25, 0.3) is 11.0 Å². The van der Waals surface area contributed by atoms with Crippen molar-refractivity contribution in [2.24, 2.45) is 0 Å². The van der Waals surface area contributed by atoms with Crippen molar-refractivity contribution < 1.29 is 9.53 Å².